The number of carbonyl (C=O) groups is 3. The molecule has 5 nitrogen and oxygen atoms in total. The molecule has 3 rings (SSSR count). The summed E-state index contributed by atoms with van der Waals surface area (Å²) in [5.74, 6) is -1.64. The van der Waals surface area contributed by atoms with Crippen molar-refractivity contribution in [3.8, 4) is 0 Å². The van der Waals surface area contributed by atoms with Crippen LogP contribution in [-0.2, 0) is 10.3 Å². The number of Topliss-reactive ketones (excluding diaryl/α,β-unsaturated/α-hetero) is 1. The number of hydrogen-bond acceptors (Lipinski definition) is 3. The van der Waals surface area contributed by atoms with Crippen molar-refractivity contribution < 1.29 is 18.8 Å². The number of carbonyl (C=O) groups excluding carboxylic acids is 3. The predicted molar refractivity (Wildman–Crippen MR) is 89.8 cm³/mol. The molecule has 0 unspecified atom stereocenters. The number of rotatable bonds is 4. The summed E-state index contributed by atoms with van der Waals surface area (Å²) in [6, 6.07) is 10.9. The number of hydrogen-bond donors (Lipinski definition) is 1. The molecule has 128 valence electrons. The molecule has 0 spiro atoms. The second kappa shape index (κ2) is 6.29. The molecule has 0 radical (unpaired) electrons. The Kier molecular flexibility index (Phi) is 4.30. The van der Waals surface area contributed by atoms with Crippen LogP contribution in [0.4, 0.5) is 9.18 Å². The van der Waals surface area contributed by atoms with Crippen molar-refractivity contribution in [2.45, 2.75) is 12.5 Å². The van der Waals surface area contributed by atoms with Gasteiger partial charge in [0.25, 0.3) is 5.91 Å². The highest BCUT2D eigenvalue weighted by molar-refractivity contribution is 6.30. The van der Waals surface area contributed by atoms with Crippen LogP contribution in [0.15, 0.2) is 48.5 Å². The Balaban J connectivity index is 1.84. The molecule has 7 heteroatoms. The van der Waals surface area contributed by atoms with Crippen molar-refractivity contribution in [1.29, 1.82) is 0 Å². The number of ketones is 1. The molecule has 3 amide bonds. The third-order valence-corrected chi connectivity index (χ3v) is 4.40. The van der Waals surface area contributed by atoms with Crippen LogP contribution in [0.25, 0.3) is 0 Å². The molecule has 1 aliphatic heterocycles. The summed E-state index contributed by atoms with van der Waals surface area (Å²) in [7, 11) is 0. The molecule has 0 saturated carbocycles. The summed E-state index contributed by atoms with van der Waals surface area (Å²) < 4.78 is 13.2. The van der Waals surface area contributed by atoms with Crippen molar-refractivity contribution in [3.63, 3.8) is 0 Å². The highest BCUT2D eigenvalue weighted by Gasteiger charge is 2.49. The van der Waals surface area contributed by atoms with E-state index in [1.807, 2.05) is 0 Å². The predicted octanol–water partition coefficient (Wildman–Crippen LogP) is 3.13. The average Bonchev–Trinajstić information content (AvgIpc) is 2.79. The first-order chi connectivity index (χ1) is 11.8. The number of amides is 3. The van der Waals surface area contributed by atoms with E-state index in [0.29, 0.717) is 10.6 Å². The fourth-order valence-corrected chi connectivity index (χ4v) is 2.84. The van der Waals surface area contributed by atoms with Gasteiger partial charge in [0, 0.05) is 10.6 Å². The standard InChI is InChI=1S/C18H14ClFN2O3/c1-18(12-5-7-13(19)8-6-12)16(24)22(17(25)21-18)10-15(23)11-3-2-4-14(20)9-11/h2-9H,10H2,1H3,(H,21,25)/t18-/m1/s1. The van der Waals surface area contributed by atoms with Gasteiger partial charge in [-0.25, -0.2) is 9.18 Å². The van der Waals surface area contributed by atoms with Crippen LogP contribution in [0.2, 0.25) is 5.02 Å². The molecule has 0 aliphatic carbocycles. The van der Waals surface area contributed by atoms with Gasteiger partial charge in [0.1, 0.15) is 11.4 Å². The highest BCUT2D eigenvalue weighted by atomic mass is 35.5. The zero-order chi connectivity index (χ0) is 18.2. The SMILES string of the molecule is C[C@]1(c2ccc(Cl)cc2)NC(=O)N(CC(=O)c2cccc(F)c2)C1=O. The summed E-state index contributed by atoms with van der Waals surface area (Å²) in [6.07, 6.45) is 0. The van der Waals surface area contributed by atoms with Crippen LogP contribution in [-0.4, -0.2) is 29.2 Å². The van der Waals surface area contributed by atoms with Crippen LogP contribution in [0.5, 0.6) is 0 Å². The van der Waals surface area contributed by atoms with E-state index in [-0.39, 0.29) is 5.56 Å². The Labute approximate surface area is 148 Å². The van der Waals surface area contributed by atoms with Gasteiger partial charge in [0.05, 0.1) is 6.54 Å². The van der Waals surface area contributed by atoms with E-state index in [4.69, 9.17) is 11.6 Å². The number of urea groups is 1. The Morgan fingerprint density at radius 3 is 2.52 bits per heavy atom. The number of nitrogens with zero attached hydrogens (tertiary/aromatic N) is 1. The fourth-order valence-electron chi connectivity index (χ4n) is 2.72. The molecule has 2 aromatic rings. The van der Waals surface area contributed by atoms with Gasteiger partial charge >= 0.3 is 6.03 Å². The Hall–Kier alpha value is -2.73. The van der Waals surface area contributed by atoms with Crippen LogP contribution in [0.3, 0.4) is 0 Å². The third-order valence-electron chi connectivity index (χ3n) is 4.14. The molecule has 0 bridgehead atoms. The fraction of sp³-hybridized carbons (Fsp3) is 0.167. The van der Waals surface area contributed by atoms with E-state index < -0.39 is 35.6 Å². The lowest BCUT2D eigenvalue weighted by atomic mass is 9.92. The second-order valence-corrected chi connectivity index (χ2v) is 6.32. The maximum atomic E-state index is 13.2. The van der Waals surface area contributed by atoms with E-state index in [1.165, 1.54) is 18.2 Å². The van der Waals surface area contributed by atoms with Gasteiger partial charge < -0.3 is 5.32 Å². The van der Waals surface area contributed by atoms with Gasteiger partial charge in [0.2, 0.25) is 0 Å². The van der Waals surface area contributed by atoms with Gasteiger partial charge in [0.15, 0.2) is 5.78 Å². The van der Waals surface area contributed by atoms with Crippen LogP contribution >= 0.6 is 11.6 Å². The Morgan fingerprint density at radius 2 is 1.88 bits per heavy atom. The lowest BCUT2D eigenvalue weighted by Crippen LogP contribution is -2.41. The molecular weight excluding hydrogens is 347 g/mol. The van der Waals surface area contributed by atoms with Gasteiger partial charge in [-0.2, -0.15) is 0 Å². The quantitative estimate of drug-likeness (QED) is 0.673. The summed E-state index contributed by atoms with van der Waals surface area (Å²) in [5.41, 5.74) is -0.638. The Morgan fingerprint density at radius 1 is 1.20 bits per heavy atom. The third kappa shape index (κ3) is 3.13. The Bertz CT molecular complexity index is 869. The average molecular weight is 361 g/mol. The van der Waals surface area contributed by atoms with Crippen molar-refractivity contribution in [2.24, 2.45) is 0 Å². The summed E-state index contributed by atoms with van der Waals surface area (Å²) in [5, 5.41) is 3.10. The van der Waals surface area contributed by atoms with Gasteiger partial charge in [-0.3, -0.25) is 14.5 Å². The van der Waals surface area contributed by atoms with E-state index in [9.17, 15) is 18.8 Å². The zero-order valence-electron chi connectivity index (χ0n) is 13.3. The highest BCUT2D eigenvalue weighted by Crippen LogP contribution is 2.29. The topological polar surface area (TPSA) is 66.5 Å². The molecule has 1 aliphatic rings. The van der Waals surface area contributed by atoms with Gasteiger partial charge in [-0.1, -0.05) is 35.9 Å². The van der Waals surface area contributed by atoms with E-state index in [0.717, 1.165) is 11.0 Å². The number of imide groups is 1. The first kappa shape index (κ1) is 17.1. The minimum absolute atomic E-state index is 0.0979. The van der Waals surface area contributed by atoms with Crippen LogP contribution in [0.1, 0.15) is 22.8 Å². The number of benzene rings is 2. The summed E-state index contributed by atoms with van der Waals surface area (Å²) >= 11 is 5.85. The normalized spacial score (nSPS) is 19.9. The van der Waals surface area contributed by atoms with Crippen LogP contribution < -0.4 is 5.32 Å². The largest absolute Gasteiger partial charge is 0.325 e. The maximum absolute atomic E-state index is 13.2. The lowest BCUT2D eigenvalue weighted by molar-refractivity contribution is -0.130. The van der Waals surface area contributed by atoms with Gasteiger partial charge in [-0.15, -0.1) is 0 Å². The summed E-state index contributed by atoms with van der Waals surface area (Å²) in [6.45, 7) is 1.10. The van der Waals surface area contributed by atoms with E-state index >= 15 is 0 Å². The van der Waals surface area contributed by atoms with Crippen molar-refractivity contribution in [1.82, 2.24) is 10.2 Å². The maximum Gasteiger partial charge on any atom is 0.325 e. The van der Waals surface area contributed by atoms with Crippen molar-refractivity contribution in [2.75, 3.05) is 6.54 Å². The zero-order valence-corrected chi connectivity index (χ0v) is 14.0. The molecule has 2 aromatic carbocycles. The smallest absolute Gasteiger partial charge is 0.319 e. The molecule has 1 atom stereocenters. The van der Waals surface area contributed by atoms with E-state index in [1.54, 1.807) is 31.2 Å². The van der Waals surface area contributed by atoms with E-state index in [2.05, 4.69) is 5.32 Å². The minimum Gasteiger partial charge on any atom is -0.319 e. The van der Waals surface area contributed by atoms with Crippen molar-refractivity contribution in [3.05, 3.63) is 70.5 Å². The molecule has 25 heavy (non-hydrogen) atoms. The molecule has 1 N–H and O–H groups in total. The molecule has 0 aromatic heterocycles. The van der Waals surface area contributed by atoms with Crippen LogP contribution in [0, 0.1) is 5.82 Å². The lowest BCUT2D eigenvalue weighted by Gasteiger charge is -2.22. The second-order valence-electron chi connectivity index (χ2n) is 5.89. The summed E-state index contributed by atoms with van der Waals surface area (Å²) in [4.78, 5) is 38.1. The minimum atomic E-state index is -1.29. The molecule has 1 heterocycles. The van der Waals surface area contributed by atoms with Gasteiger partial charge in [-0.05, 0) is 36.8 Å². The first-order valence-electron chi connectivity index (χ1n) is 7.50. The number of nitrogens with one attached hydrogen (secondary N) is 1. The number of halogens is 2. The first-order valence-corrected chi connectivity index (χ1v) is 7.88. The molecular formula is C18H14ClFN2O3. The molecule has 1 fully saturated rings. The molecule has 1 saturated heterocycles. The monoisotopic (exact) mass is 360 g/mol. The van der Waals surface area contributed by atoms with Crippen molar-refractivity contribution >= 4 is 29.3 Å².